The lowest BCUT2D eigenvalue weighted by Crippen LogP contribution is -2.58. The zero-order valence-electron chi connectivity index (χ0n) is 24.1. The van der Waals surface area contributed by atoms with Crippen molar-refractivity contribution in [3.05, 3.63) is 78.0 Å². The molecule has 2 atom stereocenters. The Morgan fingerprint density at radius 1 is 0.951 bits per heavy atom. The standard InChI is InChI=1S/C32H40N4O5/c1-23(2)30-32(40)35(27(25-15-9-5-10-16-25)20-36(30)29(38)22-41-3)21-28(37)33-26(19-24-13-7-4-8-14-24)31(39)34-17-11-6-12-18-34/h4-5,7-10,13-16,20,23,26,30H,6,11-12,17-19,21-22H2,1-3H3,(H,33,37)/t26-,30?/m0/s1. The highest BCUT2D eigenvalue weighted by Gasteiger charge is 2.41. The van der Waals surface area contributed by atoms with Gasteiger partial charge in [-0.3, -0.25) is 24.1 Å². The zero-order chi connectivity index (χ0) is 29.4. The van der Waals surface area contributed by atoms with Crippen LogP contribution in [0.4, 0.5) is 0 Å². The molecule has 2 aromatic rings. The van der Waals surface area contributed by atoms with Crippen molar-refractivity contribution in [3.63, 3.8) is 0 Å². The van der Waals surface area contributed by atoms with Crippen LogP contribution in [0.2, 0.25) is 0 Å². The van der Waals surface area contributed by atoms with Crippen LogP contribution in [0.5, 0.6) is 0 Å². The SMILES string of the molecule is COCC(=O)N1C=C(c2ccccc2)N(CC(=O)N[C@@H](Cc2ccccc2)C(=O)N2CCCCC2)C(=O)C1C(C)C. The Labute approximate surface area is 242 Å². The van der Waals surface area contributed by atoms with Crippen molar-refractivity contribution in [1.29, 1.82) is 0 Å². The van der Waals surface area contributed by atoms with E-state index >= 15 is 0 Å². The number of ether oxygens (including phenoxy) is 1. The zero-order valence-corrected chi connectivity index (χ0v) is 24.1. The van der Waals surface area contributed by atoms with Crippen LogP contribution < -0.4 is 5.32 Å². The first-order valence-corrected chi connectivity index (χ1v) is 14.3. The fraction of sp³-hybridized carbons (Fsp3) is 0.438. The van der Waals surface area contributed by atoms with Crippen LogP contribution in [0, 0.1) is 5.92 Å². The van der Waals surface area contributed by atoms with Gasteiger partial charge in [-0.1, -0.05) is 74.5 Å². The van der Waals surface area contributed by atoms with Gasteiger partial charge in [-0.15, -0.1) is 0 Å². The van der Waals surface area contributed by atoms with Gasteiger partial charge in [0.05, 0.1) is 5.70 Å². The Morgan fingerprint density at radius 2 is 1.59 bits per heavy atom. The minimum absolute atomic E-state index is 0.109. The maximum absolute atomic E-state index is 14.0. The van der Waals surface area contributed by atoms with Crippen molar-refractivity contribution >= 4 is 29.3 Å². The van der Waals surface area contributed by atoms with Crippen LogP contribution in [-0.4, -0.2) is 83.8 Å². The van der Waals surface area contributed by atoms with E-state index in [0.29, 0.717) is 30.8 Å². The second-order valence-corrected chi connectivity index (χ2v) is 10.9. The minimum atomic E-state index is -0.798. The van der Waals surface area contributed by atoms with Gasteiger partial charge in [-0.05, 0) is 36.3 Å². The molecule has 2 aliphatic rings. The molecule has 2 aromatic carbocycles. The number of piperidine rings is 1. The summed E-state index contributed by atoms with van der Waals surface area (Å²) in [5.41, 5.74) is 2.07. The molecule has 0 saturated carbocycles. The van der Waals surface area contributed by atoms with E-state index in [2.05, 4.69) is 5.32 Å². The second-order valence-electron chi connectivity index (χ2n) is 10.9. The number of benzene rings is 2. The van der Waals surface area contributed by atoms with Crippen LogP contribution in [0.15, 0.2) is 66.9 Å². The predicted octanol–water partition coefficient (Wildman–Crippen LogP) is 3.07. The highest BCUT2D eigenvalue weighted by Crippen LogP contribution is 2.30. The van der Waals surface area contributed by atoms with Crippen LogP contribution in [-0.2, 0) is 30.3 Å². The molecule has 4 rings (SSSR count). The number of methoxy groups -OCH3 is 1. The van der Waals surface area contributed by atoms with Gasteiger partial charge in [0.25, 0.3) is 11.8 Å². The Bertz CT molecular complexity index is 1240. The summed E-state index contributed by atoms with van der Waals surface area (Å²) in [4.78, 5) is 58.8. The number of carbonyl (C=O) groups excluding carboxylic acids is 4. The topological polar surface area (TPSA) is 99.3 Å². The van der Waals surface area contributed by atoms with Crippen molar-refractivity contribution in [3.8, 4) is 0 Å². The third-order valence-corrected chi connectivity index (χ3v) is 7.51. The fourth-order valence-electron chi connectivity index (χ4n) is 5.48. The Hall–Kier alpha value is -3.98. The van der Waals surface area contributed by atoms with Gasteiger partial charge in [-0.2, -0.15) is 0 Å². The van der Waals surface area contributed by atoms with E-state index in [0.717, 1.165) is 24.8 Å². The normalized spacial score (nSPS) is 18.2. The quantitative estimate of drug-likeness (QED) is 0.482. The first-order chi connectivity index (χ1) is 19.8. The molecular formula is C32H40N4O5. The van der Waals surface area contributed by atoms with E-state index < -0.39 is 18.0 Å². The third kappa shape index (κ3) is 7.41. The van der Waals surface area contributed by atoms with Gasteiger partial charge in [0.2, 0.25) is 11.8 Å². The summed E-state index contributed by atoms with van der Waals surface area (Å²) in [6.45, 7) is 4.62. The number of hydrogen-bond donors (Lipinski definition) is 1. The van der Waals surface area contributed by atoms with E-state index in [-0.39, 0.29) is 36.8 Å². The second kappa shape index (κ2) is 14.1. The molecule has 0 aromatic heterocycles. The van der Waals surface area contributed by atoms with Crippen molar-refractivity contribution in [2.45, 2.75) is 51.6 Å². The number of nitrogens with zero attached hydrogens (tertiary/aromatic N) is 3. The molecule has 41 heavy (non-hydrogen) atoms. The Kier molecular flexibility index (Phi) is 10.3. The summed E-state index contributed by atoms with van der Waals surface area (Å²) in [6.07, 6.45) is 4.97. The van der Waals surface area contributed by atoms with Gasteiger partial charge >= 0.3 is 0 Å². The molecule has 1 fully saturated rings. The molecule has 9 nitrogen and oxygen atoms in total. The summed E-state index contributed by atoms with van der Waals surface area (Å²) in [6, 6.07) is 17.2. The van der Waals surface area contributed by atoms with E-state index in [1.54, 1.807) is 6.20 Å². The molecule has 2 aliphatic heterocycles. The molecule has 4 amide bonds. The predicted molar refractivity (Wildman–Crippen MR) is 156 cm³/mol. The number of amides is 4. The van der Waals surface area contributed by atoms with Crippen LogP contribution in [0.3, 0.4) is 0 Å². The molecule has 9 heteroatoms. The van der Waals surface area contributed by atoms with Gasteiger partial charge in [-0.25, -0.2) is 0 Å². The van der Waals surface area contributed by atoms with E-state index in [1.807, 2.05) is 79.4 Å². The van der Waals surface area contributed by atoms with Crippen molar-refractivity contribution in [2.24, 2.45) is 5.92 Å². The first-order valence-electron chi connectivity index (χ1n) is 14.3. The molecule has 0 radical (unpaired) electrons. The molecule has 2 heterocycles. The fourth-order valence-corrected chi connectivity index (χ4v) is 5.48. The van der Waals surface area contributed by atoms with E-state index in [4.69, 9.17) is 4.74 Å². The monoisotopic (exact) mass is 560 g/mol. The van der Waals surface area contributed by atoms with Crippen LogP contribution in [0.25, 0.3) is 5.70 Å². The maximum atomic E-state index is 14.0. The molecule has 0 spiro atoms. The van der Waals surface area contributed by atoms with Crippen LogP contribution in [0.1, 0.15) is 44.2 Å². The molecule has 1 unspecified atom stereocenters. The lowest BCUT2D eigenvalue weighted by Gasteiger charge is -2.41. The molecule has 1 saturated heterocycles. The molecular weight excluding hydrogens is 520 g/mol. The van der Waals surface area contributed by atoms with Crippen LogP contribution >= 0.6 is 0 Å². The highest BCUT2D eigenvalue weighted by molar-refractivity contribution is 6.00. The number of likely N-dealkylation sites (tertiary alicyclic amines) is 1. The van der Waals surface area contributed by atoms with Gasteiger partial charge in [0.15, 0.2) is 0 Å². The average molecular weight is 561 g/mol. The number of hydrogen-bond acceptors (Lipinski definition) is 5. The average Bonchev–Trinajstić information content (AvgIpc) is 2.98. The molecule has 0 aliphatic carbocycles. The molecule has 1 N–H and O–H groups in total. The summed E-state index contributed by atoms with van der Waals surface area (Å²) < 4.78 is 5.07. The minimum Gasteiger partial charge on any atom is -0.375 e. The smallest absolute Gasteiger partial charge is 0.253 e. The first kappa shape index (κ1) is 30.0. The Morgan fingerprint density at radius 3 is 2.20 bits per heavy atom. The third-order valence-electron chi connectivity index (χ3n) is 7.51. The van der Waals surface area contributed by atoms with Crippen molar-refractivity contribution in [2.75, 3.05) is 33.4 Å². The lowest BCUT2D eigenvalue weighted by molar-refractivity contribution is -0.147. The number of nitrogens with one attached hydrogen (secondary N) is 1. The number of carbonyl (C=O) groups is 4. The largest absolute Gasteiger partial charge is 0.375 e. The lowest BCUT2D eigenvalue weighted by atomic mass is 9.97. The van der Waals surface area contributed by atoms with Crippen molar-refractivity contribution in [1.82, 2.24) is 20.0 Å². The maximum Gasteiger partial charge on any atom is 0.253 e. The summed E-state index contributed by atoms with van der Waals surface area (Å²) in [5.74, 6) is -1.46. The van der Waals surface area contributed by atoms with Gasteiger partial charge < -0.3 is 19.9 Å². The number of rotatable bonds is 10. The molecule has 0 bridgehead atoms. The summed E-state index contributed by atoms with van der Waals surface area (Å²) >= 11 is 0. The highest BCUT2D eigenvalue weighted by atomic mass is 16.5. The Balaban J connectivity index is 1.62. The van der Waals surface area contributed by atoms with E-state index in [9.17, 15) is 19.2 Å². The molecule has 218 valence electrons. The van der Waals surface area contributed by atoms with E-state index in [1.165, 1.54) is 16.9 Å². The van der Waals surface area contributed by atoms with Gasteiger partial charge in [0.1, 0.15) is 25.2 Å². The summed E-state index contributed by atoms with van der Waals surface area (Å²) in [5, 5.41) is 2.95. The summed E-state index contributed by atoms with van der Waals surface area (Å²) in [7, 11) is 1.43. The van der Waals surface area contributed by atoms with Gasteiger partial charge in [0, 0.05) is 32.8 Å². The van der Waals surface area contributed by atoms with Crippen molar-refractivity contribution < 1.29 is 23.9 Å².